The second kappa shape index (κ2) is 6.86. The van der Waals surface area contributed by atoms with Gasteiger partial charge in [0.2, 0.25) is 5.91 Å². The van der Waals surface area contributed by atoms with Crippen LogP contribution in [0.25, 0.3) is 0 Å². The summed E-state index contributed by atoms with van der Waals surface area (Å²) in [4.78, 5) is 11.7. The molecule has 0 radical (unpaired) electrons. The predicted molar refractivity (Wildman–Crippen MR) is 66.0 cm³/mol. The summed E-state index contributed by atoms with van der Waals surface area (Å²) in [7, 11) is 0. The molecule has 96 valence electrons. The zero-order valence-electron chi connectivity index (χ0n) is 10.9. The van der Waals surface area contributed by atoms with Gasteiger partial charge in [0.1, 0.15) is 0 Å². The Morgan fingerprint density at radius 2 is 1.88 bits per heavy atom. The number of amides is 1. The van der Waals surface area contributed by atoms with Crippen molar-refractivity contribution in [3.05, 3.63) is 0 Å². The van der Waals surface area contributed by atoms with Crippen LogP contribution >= 0.6 is 0 Å². The topological polar surface area (TPSA) is 75.4 Å². The fourth-order valence-electron chi connectivity index (χ4n) is 1.38. The van der Waals surface area contributed by atoms with E-state index in [1.54, 1.807) is 0 Å². The number of carbonyl (C=O) groups excluding carboxylic acids is 1. The largest absolute Gasteiger partial charge is 0.388 e. The number of hydrogen-bond donors (Lipinski definition) is 3. The van der Waals surface area contributed by atoms with E-state index in [1.165, 1.54) is 0 Å². The Hall–Kier alpha value is -0.610. The van der Waals surface area contributed by atoms with Gasteiger partial charge >= 0.3 is 0 Å². The molecule has 16 heavy (non-hydrogen) atoms. The molecule has 0 heterocycles. The standard InChI is InChI=1S/C12H26N2O2/c1-5-9(4)10(13)11(15)14-8-12(16,6-2)7-3/h9-10,16H,5-8,13H2,1-4H3,(H,14,15)/t9-,10-/m0/s1. The lowest BCUT2D eigenvalue weighted by atomic mass is 9.96. The van der Waals surface area contributed by atoms with E-state index >= 15 is 0 Å². The molecule has 0 aliphatic heterocycles. The van der Waals surface area contributed by atoms with Gasteiger partial charge in [0.25, 0.3) is 0 Å². The van der Waals surface area contributed by atoms with Crippen LogP contribution in [-0.2, 0) is 4.79 Å². The van der Waals surface area contributed by atoms with Gasteiger partial charge in [-0.3, -0.25) is 4.79 Å². The van der Waals surface area contributed by atoms with Gasteiger partial charge in [0, 0.05) is 6.54 Å². The first-order chi connectivity index (χ1) is 7.40. The smallest absolute Gasteiger partial charge is 0.237 e. The summed E-state index contributed by atoms with van der Waals surface area (Å²) in [5.41, 5.74) is 4.99. The first-order valence-electron chi connectivity index (χ1n) is 6.15. The van der Waals surface area contributed by atoms with E-state index in [-0.39, 0.29) is 18.4 Å². The molecule has 0 rings (SSSR count). The molecule has 0 aromatic carbocycles. The predicted octanol–water partition coefficient (Wildman–Crippen LogP) is 1.03. The Balaban J connectivity index is 4.16. The van der Waals surface area contributed by atoms with E-state index in [0.717, 1.165) is 6.42 Å². The van der Waals surface area contributed by atoms with Crippen LogP contribution < -0.4 is 11.1 Å². The zero-order valence-corrected chi connectivity index (χ0v) is 10.9. The Bertz CT molecular complexity index is 215. The third kappa shape index (κ3) is 4.49. The monoisotopic (exact) mass is 230 g/mol. The van der Waals surface area contributed by atoms with Crippen molar-refractivity contribution in [1.82, 2.24) is 5.32 Å². The van der Waals surface area contributed by atoms with Gasteiger partial charge in [-0.05, 0) is 18.8 Å². The van der Waals surface area contributed by atoms with E-state index in [1.807, 2.05) is 27.7 Å². The highest BCUT2D eigenvalue weighted by Crippen LogP contribution is 2.13. The molecule has 0 aliphatic carbocycles. The first kappa shape index (κ1) is 15.4. The van der Waals surface area contributed by atoms with Crippen molar-refractivity contribution in [2.75, 3.05) is 6.54 Å². The van der Waals surface area contributed by atoms with Crippen LogP contribution in [0.15, 0.2) is 0 Å². The van der Waals surface area contributed by atoms with Gasteiger partial charge in [-0.15, -0.1) is 0 Å². The second-order valence-electron chi connectivity index (χ2n) is 4.56. The molecule has 2 atom stereocenters. The Labute approximate surface area is 98.6 Å². The highest BCUT2D eigenvalue weighted by Gasteiger charge is 2.25. The summed E-state index contributed by atoms with van der Waals surface area (Å²) in [6.07, 6.45) is 2.13. The third-order valence-electron chi connectivity index (χ3n) is 3.47. The number of hydrogen-bond acceptors (Lipinski definition) is 3. The first-order valence-corrected chi connectivity index (χ1v) is 6.15. The van der Waals surface area contributed by atoms with Gasteiger partial charge in [-0.1, -0.05) is 34.1 Å². The molecule has 4 heteroatoms. The van der Waals surface area contributed by atoms with Gasteiger partial charge in [0.15, 0.2) is 0 Å². The summed E-state index contributed by atoms with van der Waals surface area (Å²) in [6.45, 7) is 8.06. The lowest BCUT2D eigenvalue weighted by molar-refractivity contribution is -0.124. The molecule has 0 saturated heterocycles. The summed E-state index contributed by atoms with van der Waals surface area (Å²) in [5.74, 6) is -0.00831. The molecule has 0 fully saturated rings. The summed E-state index contributed by atoms with van der Waals surface area (Å²) in [5, 5.41) is 12.7. The number of rotatable bonds is 7. The molecule has 4 nitrogen and oxygen atoms in total. The molecule has 0 spiro atoms. The molecule has 0 aromatic heterocycles. The van der Waals surface area contributed by atoms with Crippen molar-refractivity contribution < 1.29 is 9.90 Å². The van der Waals surface area contributed by atoms with Gasteiger partial charge < -0.3 is 16.2 Å². The minimum atomic E-state index is -0.801. The van der Waals surface area contributed by atoms with Crippen LogP contribution in [0.5, 0.6) is 0 Å². The minimum Gasteiger partial charge on any atom is -0.388 e. The number of nitrogens with two attached hydrogens (primary N) is 1. The van der Waals surface area contributed by atoms with Crippen molar-refractivity contribution in [3.63, 3.8) is 0 Å². The maximum atomic E-state index is 11.7. The highest BCUT2D eigenvalue weighted by molar-refractivity contribution is 5.81. The SMILES string of the molecule is CC[C@H](C)[C@H](N)C(=O)NCC(O)(CC)CC. The van der Waals surface area contributed by atoms with Crippen molar-refractivity contribution in [2.24, 2.45) is 11.7 Å². The zero-order chi connectivity index (χ0) is 12.8. The number of nitrogens with one attached hydrogen (secondary N) is 1. The molecular weight excluding hydrogens is 204 g/mol. The maximum Gasteiger partial charge on any atom is 0.237 e. The van der Waals surface area contributed by atoms with Gasteiger partial charge in [-0.25, -0.2) is 0 Å². The Kier molecular flexibility index (Phi) is 6.60. The molecule has 0 aliphatic rings. The molecule has 1 amide bonds. The summed E-state index contributed by atoms with van der Waals surface area (Å²) < 4.78 is 0. The van der Waals surface area contributed by atoms with Crippen LogP contribution in [0.2, 0.25) is 0 Å². The Morgan fingerprint density at radius 3 is 2.25 bits per heavy atom. The van der Waals surface area contributed by atoms with E-state index in [0.29, 0.717) is 12.8 Å². The van der Waals surface area contributed by atoms with Crippen LogP contribution in [0.3, 0.4) is 0 Å². The van der Waals surface area contributed by atoms with Crippen molar-refractivity contribution in [1.29, 1.82) is 0 Å². The van der Waals surface area contributed by atoms with Crippen molar-refractivity contribution in [3.8, 4) is 0 Å². The fraction of sp³-hybridized carbons (Fsp3) is 0.917. The summed E-state index contributed by atoms with van der Waals surface area (Å²) in [6, 6.07) is -0.483. The minimum absolute atomic E-state index is 0.163. The third-order valence-corrected chi connectivity index (χ3v) is 3.47. The van der Waals surface area contributed by atoms with E-state index in [2.05, 4.69) is 5.32 Å². The molecule has 0 saturated carbocycles. The molecule has 0 bridgehead atoms. The summed E-state index contributed by atoms with van der Waals surface area (Å²) >= 11 is 0. The quantitative estimate of drug-likeness (QED) is 0.611. The fourth-order valence-corrected chi connectivity index (χ4v) is 1.38. The average Bonchev–Trinajstić information content (AvgIpc) is 2.33. The highest BCUT2D eigenvalue weighted by atomic mass is 16.3. The van der Waals surface area contributed by atoms with Crippen LogP contribution in [0, 0.1) is 5.92 Å². The van der Waals surface area contributed by atoms with E-state index in [4.69, 9.17) is 5.73 Å². The molecular formula is C12H26N2O2. The molecule has 0 unspecified atom stereocenters. The molecule has 4 N–H and O–H groups in total. The van der Waals surface area contributed by atoms with E-state index < -0.39 is 11.6 Å². The maximum absolute atomic E-state index is 11.7. The van der Waals surface area contributed by atoms with E-state index in [9.17, 15) is 9.90 Å². The Morgan fingerprint density at radius 1 is 1.38 bits per heavy atom. The lowest BCUT2D eigenvalue weighted by Crippen LogP contribution is -2.49. The van der Waals surface area contributed by atoms with Crippen molar-refractivity contribution in [2.45, 2.75) is 58.6 Å². The van der Waals surface area contributed by atoms with Crippen LogP contribution in [0.4, 0.5) is 0 Å². The second-order valence-corrected chi connectivity index (χ2v) is 4.56. The van der Waals surface area contributed by atoms with Crippen molar-refractivity contribution >= 4 is 5.91 Å². The van der Waals surface area contributed by atoms with Gasteiger partial charge in [0.05, 0.1) is 11.6 Å². The van der Waals surface area contributed by atoms with Crippen LogP contribution in [-0.4, -0.2) is 29.2 Å². The number of carbonyl (C=O) groups is 1. The number of aliphatic hydroxyl groups is 1. The molecule has 0 aromatic rings. The average molecular weight is 230 g/mol. The normalized spacial score (nSPS) is 15.6. The van der Waals surface area contributed by atoms with Crippen LogP contribution in [0.1, 0.15) is 47.0 Å². The lowest BCUT2D eigenvalue weighted by Gasteiger charge is -2.27. The van der Waals surface area contributed by atoms with Gasteiger partial charge in [-0.2, -0.15) is 0 Å².